The van der Waals surface area contributed by atoms with Crippen molar-refractivity contribution >= 4 is 33.2 Å². The van der Waals surface area contributed by atoms with Crippen LogP contribution >= 0.6 is 11.6 Å². The smallest absolute Gasteiger partial charge is 0.261 e. The molecule has 0 aliphatic heterocycles. The van der Waals surface area contributed by atoms with Gasteiger partial charge in [0.1, 0.15) is 5.75 Å². The van der Waals surface area contributed by atoms with Gasteiger partial charge in [0, 0.05) is 17.3 Å². The number of ether oxygens (including phenoxy) is 1. The predicted molar refractivity (Wildman–Crippen MR) is 111 cm³/mol. The number of rotatable bonds is 7. The van der Waals surface area contributed by atoms with Crippen LogP contribution in [0, 0.1) is 12.3 Å². The minimum Gasteiger partial charge on any atom is -0.484 e. The van der Waals surface area contributed by atoms with Crippen LogP contribution in [0.25, 0.3) is 0 Å². The van der Waals surface area contributed by atoms with E-state index in [1.54, 1.807) is 37.3 Å². The van der Waals surface area contributed by atoms with Gasteiger partial charge in [0.2, 0.25) is 0 Å². The third-order valence-electron chi connectivity index (χ3n) is 3.73. The molecule has 2 aromatic rings. The summed E-state index contributed by atoms with van der Waals surface area (Å²) in [6, 6.07) is 10.9. The number of hydrogen-bond donors (Lipinski definition) is 2. The summed E-state index contributed by atoms with van der Waals surface area (Å²) in [4.78, 5) is 12.0. The lowest BCUT2D eigenvalue weighted by molar-refractivity contribution is -0.123. The molecule has 1 amide bonds. The van der Waals surface area contributed by atoms with Crippen molar-refractivity contribution in [3.63, 3.8) is 0 Å². The molecule has 6 nitrogen and oxygen atoms in total. The predicted octanol–water partition coefficient (Wildman–Crippen LogP) is 3.99. The molecule has 0 atom stereocenters. The molecule has 0 unspecified atom stereocenters. The van der Waals surface area contributed by atoms with Gasteiger partial charge in [0.25, 0.3) is 15.9 Å². The van der Waals surface area contributed by atoms with E-state index in [0.29, 0.717) is 28.6 Å². The second-order valence-electron chi connectivity index (χ2n) is 7.67. The zero-order chi connectivity index (χ0) is 20.9. The second-order valence-corrected chi connectivity index (χ2v) is 9.78. The summed E-state index contributed by atoms with van der Waals surface area (Å²) < 4.78 is 33.1. The first-order valence-electron chi connectivity index (χ1n) is 8.75. The van der Waals surface area contributed by atoms with Crippen LogP contribution in [-0.2, 0) is 14.8 Å². The molecule has 0 heterocycles. The number of benzene rings is 2. The Labute approximate surface area is 171 Å². The number of carbonyl (C=O) groups excluding carboxylic acids is 1. The Morgan fingerprint density at radius 2 is 1.75 bits per heavy atom. The highest BCUT2D eigenvalue weighted by Crippen LogP contribution is 2.24. The first-order chi connectivity index (χ1) is 13.0. The lowest BCUT2D eigenvalue weighted by Gasteiger charge is -2.19. The van der Waals surface area contributed by atoms with Crippen LogP contribution in [0.15, 0.2) is 47.4 Å². The summed E-state index contributed by atoms with van der Waals surface area (Å²) in [7, 11) is -3.75. The Kier molecular flexibility index (Phi) is 6.96. The summed E-state index contributed by atoms with van der Waals surface area (Å²) in [6.07, 6.45) is 0. The fourth-order valence-electron chi connectivity index (χ4n) is 2.24. The molecule has 2 N–H and O–H groups in total. The van der Waals surface area contributed by atoms with Crippen molar-refractivity contribution in [3.8, 4) is 5.75 Å². The van der Waals surface area contributed by atoms with Crippen LogP contribution in [0.2, 0.25) is 5.02 Å². The third-order valence-corrected chi connectivity index (χ3v) is 5.36. The van der Waals surface area contributed by atoms with Gasteiger partial charge in [-0.25, -0.2) is 8.42 Å². The SMILES string of the molecule is Cc1cc(S(=O)(=O)Nc2ccc(Cl)cc2)ccc1OCC(=O)NCC(C)(C)C. The Balaban J connectivity index is 2.02. The lowest BCUT2D eigenvalue weighted by Crippen LogP contribution is -2.35. The van der Waals surface area contributed by atoms with E-state index < -0.39 is 10.0 Å². The highest BCUT2D eigenvalue weighted by Gasteiger charge is 2.17. The van der Waals surface area contributed by atoms with Crippen LogP contribution < -0.4 is 14.8 Å². The van der Waals surface area contributed by atoms with E-state index >= 15 is 0 Å². The van der Waals surface area contributed by atoms with Crippen molar-refractivity contribution in [2.45, 2.75) is 32.6 Å². The van der Waals surface area contributed by atoms with Gasteiger partial charge in [0.15, 0.2) is 6.61 Å². The number of hydrogen-bond acceptors (Lipinski definition) is 4. The second kappa shape index (κ2) is 8.84. The molecule has 2 aromatic carbocycles. The summed E-state index contributed by atoms with van der Waals surface area (Å²) in [5.74, 6) is 0.228. The number of halogens is 1. The lowest BCUT2D eigenvalue weighted by atomic mass is 9.97. The Morgan fingerprint density at radius 1 is 1.11 bits per heavy atom. The molecule has 0 aromatic heterocycles. The number of amides is 1. The molecular formula is C20H25ClN2O4S. The van der Waals surface area contributed by atoms with Gasteiger partial charge >= 0.3 is 0 Å². The fraction of sp³-hybridized carbons (Fsp3) is 0.350. The van der Waals surface area contributed by atoms with Gasteiger partial charge in [-0.05, 0) is 60.4 Å². The number of carbonyl (C=O) groups is 1. The van der Waals surface area contributed by atoms with E-state index in [0.717, 1.165) is 0 Å². The molecule has 0 bridgehead atoms. The van der Waals surface area contributed by atoms with Crippen molar-refractivity contribution in [2.75, 3.05) is 17.9 Å². The third kappa shape index (κ3) is 6.73. The molecule has 8 heteroatoms. The molecule has 0 aliphatic carbocycles. The van der Waals surface area contributed by atoms with Gasteiger partial charge < -0.3 is 10.1 Å². The first-order valence-corrected chi connectivity index (χ1v) is 10.6. The molecule has 0 radical (unpaired) electrons. The molecule has 0 spiro atoms. The summed E-state index contributed by atoms with van der Waals surface area (Å²) in [5.41, 5.74) is 1.01. The van der Waals surface area contributed by atoms with Crippen molar-refractivity contribution in [1.29, 1.82) is 0 Å². The maximum atomic E-state index is 12.5. The van der Waals surface area contributed by atoms with E-state index in [-0.39, 0.29) is 22.8 Å². The number of sulfonamides is 1. The average molecular weight is 425 g/mol. The first kappa shape index (κ1) is 22.0. The van der Waals surface area contributed by atoms with Crippen LogP contribution in [0.1, 0.15) is 26.3 Å². The van der Waals surface area contributed by atoms with E-state index in [1.165, 1.54) is 12.1 Å². The number of nitrogens with one attached hydrogen (secondary N) is 2. The molecule has 2 rings (SSSR count). The minimum absolute atomic E-state index is 0.0152. The van der Waals surface area contributed by atoms with E-state index in [2.05, 4.69) is 10.0 Å². The zero-order valence-electron chi connectivity index (χ0n) is 16.4. The van der Waals surface area contributed by atoms with Crippen LogP contribution in [0.5, 0.6) is 5.75 Å². The maximum absolute atomic E-state index is 12.5. The maximum Gasteiger partial charge on any atom is 0.261 e. The summed E-state index contributed by atoms with van der Waals surface area (Å²) in [6.45, 7) is 8.21. The monoisotopic (exact) mass is 424 g/mol. The molecule has 0 aliphatic rings. The van der Waals surface area contributed by atoms with E-state index in [1.807, 2.05) is 20.8 Å². The van der Waals surface area contributed by atoms with Crippen LogP contribution in [0.3, 0.4) is 0 Å². The van der Waals surface area contributed by atoms with Gasteiger partial charge in [-0.15, -0.1) is 0 Å². The van der Waals surface area contributed by atoms with E-state index in [4.69, 9.17) is 16.3 Å². The zero-order valence-corrected chi connectivity index (χ0v) is 17.9. The molecular weight excluding hydrogens is 400 g/mol. The van der Waals surface area contributed by atoms with Crippen molar-refractivity contribution < 1.29 is 17.9 Å². The van der Waals surface area contributed by atoms with Gasteiger partial charge in [-0.3, -0.25) is 9.52 Å². The summed E-state index contributed by atoms with van der Waals surface area (Å²) >= 11 is 5.81. The molecule has 0 saturated heterocycles. The van der Waals surface area contributed by atoms with Gasteiger partial charge in [0.05, 0.1) is 4.90 Å². The van der Waals surface area contributed by atoms with E-state index in [9.17, 15) is 13.2 Å². The summed E-state index contributed by atoms with van der Waals surface area (Å²) in [5, 5.41) is 3.32. The minimum atomic E-state index is -3.75. The van der Waals surface area contributed by atoms with Gasteiger partial charge in [-0.1, -0.05) is 32.4 Å². The van der Waals surface area contributed by atoms with Gasteiger partial charge in [-0.2, -0.15) is 0 Å². The van der Waals surface area contributed by atoms with Crippen molar-refractivity contribution in [2.24, 2.45) is 5.41 Å². The van der Waals surface area contributed by atoms with Crippen LogP contribution in [0.4, 0.5) is 5.69 Å². The topological polar surface area (TPSA) is 84.5 Å². The normalized spacial score (nSPS) is 11.8. The van der Waals surface area contributed by atoms with Crippen molar-refractivity contribution in [3.05, 3.63) is 53.1 Å². The Morgan fingerprint density at radius 3 is 2.32 bits per heavy atom. The largest absolute Gasteiger partial charge is 0.484 e. The molecule has 0 fully saturated rings. The Bertz CT molecular complexity index is 936. The quantitative estimate of drug-likeness (QED) is 0.703. The number of anilines is 1. The highest BCUT2D eigenvalue weighted by molar-refractivity contribution is 7.92. The fourth-order valence-corrected chi connectivity index (χ4v) is 3.51. The highest BCUT2D eigenvalue weighted by atomic mass is 35.5. The number of aryl methyl sites for hydroxylation is 1. The average Bonchev–Trinajstić information content (AvgIpc) is 2.60. The standard InChI is InChI=1S/C20H25ClN2O4S/c1-14-11-17(28(25,26)23-16-7-5-15(21)6-8-16)9-10-18(14)27-12-19(24)22-13-20(2,3)4/h5-11,23H,12-13H2,1-4H3,(H,22,24). The molecule has 0 saturated carbocycles. The Hall–Kier alpha value is -2.25. The van der Waals surface area contributed by atoms with Crippen LogP contribution in [-0.4, -0.2) is 27.5 Å². The molecule has 28 heavy (non-hydrogen) atoms. The molecule has 152 valence electrons. The van der Waals surface area contributed by atoms with Crippen molar-refractivity contribution in [1.82, 2.24) is 5.32 Å².